The molecule has 28 heavy (non-hydrogen) atoms. The molecule has 1 saturated heterocycles. The summed E-state index contributed by atoms with van der Waals surface area (Å²) in [6.07, 6.45) is 4.08. The van der Waals surface area contributed by atoms with Crippen molar-refractivity contribution in [3.8, 4) is 5.75 Å². The Morgan fingerprint density at radius 3 is 2.50 bits per heavy atom. The first-order chi connectivity index (χ1) is 13.6. The van der Waals surface area contributed by atoms with Gasteiger partial charge in [0.05, 0.1) is 18.8 Å². The van der Waals surface area contributed by atoms with E-state index in [1.54, 1.807) is 13.3 Å². The molecule has 1 aromatic heterocycles. The van der Waals surface area contributed by atoms with E-state index < -0.39 is 11.2 Å². The Morgan fingerprint density at radius 1 is 1.11 bits per heavy atom. The lowest BCUT2D eigenvalue weighted by Gasteiger charge is -2.33. The van der Waals surface area contributed by atoms with Gasteiger partial charge in [0.25, 0.3) is 0 Å². The molecule has 2 heterocycles. The molecule has 1 aliphatic heterocycles. The molecule has 2 aromatic carbocycles. The average molecular weight is 395 g/mol. The van der Waals surface area contributed by atoms with Gasteiger partial charge >= 0.3 is 0 Å². The summed E-state index contributed by atoms with van der Waals surface area (Å²) >= 11 is -1.29. The van der Waals surface area contributed by atoms with Gasteiger partial charge in [-0.15, -0.1) is 0 Å². The molecule has 1 fully saturated rings. The van der Waals surface area contributed by atoms with E-state index in [9.17, 15) is 4.55 Å². The van der Waals surface area contributed by atoms with Gasteiger partial charge in [0.1, 0.15) is 11.4 Å². The van der Waals surface area contributed by atoms with Crippen LogP contribution in [0.5, 0.6) is 5.75 Å². The highest BCUT2D eigenvalue weighted by Crippen LogP contribution is 2.38. The molecule has 4 rings (SSSR count). The first-order valence-corrected chi connectivity index (χ1v) is 10.9. The molecule has 0 saturated carbocycles. The van der Waals surface area contributed by atoms with Gasteiger partial charge in [-0.2, -0.15) is 0 Å². The number of piperidine rings is 1. The lowest BCUT2D eigenvalue weighted by Crippen LogP contribution is -2.34. The number of hydrogen-bond donors (Lipinski definition) is 0. The highest BCUT2D eigenvalue weighted by Gasteiger charge is 2.28. The summed E-state index contributed by atoms with van der Waals surface area (Å²) in [4.78, 5) is 8.58. The minimum absolute atomic E-state index is 0.727. The SMILES string of the molecule is COc1ccc2ncc([S+]([O-])c3ccc(C)cc3)c(N3CCC(C)CC3)c2c1. The summed E-state index contributed by atoms with van der Waals surface area (Å²) in [5, 5.41) is 1.01. The summed E-state index contributed by atoms with van der Waals surface area (Å²) in [5.41, 5.74) is 3.10. The molecule has 0 bridgehead atoms. The second-order valence-electron chi connectivity index (χ2n) is 7.61. The van der Waals surface area contributed by atoms with Gasteiger partial charge < -0.3 is 14.2 Å². The molecule has 0 amide bonds. The minimum atomic E-state index is -1.29. The maximum atomic E-state index is 13.5. The molecule has 0 aliphatic carbocycles. The van der Waals surface area contributed by atoms with Gasteiger partial charge in [-0.3, -0.25) is 4.98 Å². The van der Waals surface area contributed by atoms with Gasteiger partial charge in [-0.05, 0) is 56.0 Å². The predicted molar refractivity (Wildman–Crippen MR) is 115 cm³/mol. The normalized spacial score (nSPS) is 16.4. The van der Waals surface area contributed by atoms with Crippen LogP contribution in [-0.4, -0.2) is 29.7 Å². The minimum Gasteiger partial charge on any atom is -0.606 e. The van der Waals surface area contributed by atoms with E-state index in [0.29, 0.717) is 0 Å². The molecule has 1 aliphatic rings. The van der Waals surface area contributed by atoms with Crippen molar-refractivity contribution in [1.29, 1.82) is 0 Å². The Bertz CT molecular complexity index is 966. The van der Waals surface area contributed by atoms with Crippen LogP contribution in [-0.2, 0) is 11.2 Å². The molecular formula is C23H26N2O2S. The van der Waals surface area contributed by atoms with Crippen molar-refractivity contribution in [2.75, 3.05) is 25.1 Å². The number of methoxy groups -OCH3 is 1. The number of rotatable bonds is 4. The Labute approximate surface area is 169 Å². The zero-order valence-electron chi connectivity index (χ0n) is 16.6. The Balaban J connectivity index is 1.86. The Morgan fingerprint density at radius 2 is 1.82 bits per heavy atom. The van der Waals surface area contributed by atoms with Crippen LogP contribution in [0.4, 0.5) is 5.69 Å². The molecular weight excluding hydrogens is 368 g/mol. The number of pyridine rings is 1. The summed E-state index contributed by atoms with van der Waals surface area (Å²) in [6.45, 7) is 6.28. The quantitative estimate of drug-likeness (QED) is 0.587. The molecule has 1 atom stereocenters. The molecule has 3 aromatic rings. The smallest absolute Gasteiger partial charge is 0.200 e. The van der Waals surface area contributed by atoms with Gasteiger partial charge in [-0.25, -0.2) is 0 Å². The second kappa shape index (κ2) is 8.02. The number of fused-ring (bicyclic) bond motifs is 1. The topological polar surface area (TPSA) is 48.4 Å². The third kappa shape index (κ3) is 3.69. The summed E-state index contributed by atoms with van der Waals surface area (Å²) in [6, 6.07) is 13.8. The first kappa shape index (κ1) is 19.1. The van der Waals surface area contributed by atoms with E-state index in [1.165, 1.54) is 0 Å². The van der Waals surface area contributed by atoms with E-state index in [4.69, 9.17) is 4.74 Å². The Hall–Kier alpha value is -2.24. The van der Waals surface area contributed by atoms with Gasteiger partial charge in [0, 0.05) is 29.7 Å². The summed E-state index contributed by atoms with van der Waals surface area (Å²) in [5.74, 6) is 1.52. The lowest BCUT2D eigenvalue weighted by atomic mass is 9.98. The van der Waals surface area contributed by atoms with E-state index in [0.717, 1.165) is 69.5 Å². The van der Waals surface area contributed by atoms with E-state index in [1.807, 2.05) is 49.4 Å². The molecule has 1 unspecified atom stereocenters. The van der Waals surface area contributed by atoms with Crippen LogP contribution in [0.3, 0.4) is 0 Å². The predicted octanol–water partition coefficient (Wildman–Crippen LogP) is 4.95. The van der Waals surface area contributed by atoms with Crippen molar-refractivity contribution >= 4 is 27.8 Å². The van der Waals surface area contributed by atoms with Crippen LogP contribution in [0, 0.1) is 12.8 Å². The van der Waals surface area contributed by atoms with Crippen LogP contribution in [0.15, 0.2) is 58.5 Å². The van der Waals surface area contributed by atoms with Crippen molar-refractivity contribution in [1.82, 2.24) is 4.98 Å². The molecule has 146 valence electrons. The van der Waals surface area contributed by atoms with E-state index >= 15 is 0 Å². The van der Waals surface area contributed by atoms with Crippen molar-refractivity contribution in [3.63, 3.8) is 0 Å². The fourth-order valence-corrected chi connectivity index (χ4v) is 4.95. The zero-order chi connectivity index (χ0) is 19.7. The molecule has 5 heteroatoms. The summed E-state index contributed by atoms with van der Waals surface area (Å²) in [7, 11) is 1.67. The molecule has 0 spiro atoms. The fourth-order valence-electron chi connectivity index (χ4n) is 3.75. The summed E-state index contributed by atoms with van der Waals surface area (Å²) < 4.78 is 19.0. The maximum absolute atomic E-state index is 13.5. The van der Waals surface area contributed by atoms with Crippen molar-refractivity contribution < 1.29 is 9.29 Å². The van der Waals surface area contributed by atoms with Gasteiger partial charge in [0.15, 0.2) is 4.90 Å². The van der Waals surface area contributed by atoms with Crippen LogP contribution in [0.1, 0.15) is 25.3 Å². The number of ether oxygens (including phenoxy) is 1. The Kier molecular flexibility index (Phi) is 5.47. The maximum Gasteiger partial charge on any atom is 0.200 e. The number of aryl methyl sites for hydroxylation is 1. The first-order valence-electron chi connectivity index (χ1n) is 9.77. The van der Waals surface area contributed by atoms with Crippen LogP contribution in [0.2, 0.25) is 0 Å². The highest BCUT2D eigenvalue weighted by atomic mass is 32.2. The van der Waals surface area contributed by atoms with Gasteiger partial charge in [0.2, 0.25) is 4.90 Å². The number of anilines is 1. The number of nitrogens with zero attached hydrogens (tertiary/aromatic N) is 2. The van der Waals surface area contributed by atoms with Crippen LogP contribution < -0.4 is 9.64 Å². The average Bonchev–Trinajstić information content (AvgIpc) is 2.73. The highest BCUT2D eigenvalue weighted by molar-refractivity contribution is 7.91. The fraction of sp³-hybridized carbons (Fsp3) is 0.348. The number of benzene rings is 2. The number of aromatic nitrogens is 1. The second-order valence-corrected chi connectivity index (χ2v) is 9.05. The van der Waals surface area contributed by atoms with Crippen LogP contribution in [0.25, 0.3) is 10.9 Å². The van der Waals surface area contributed by atoms with E-state index in [2.05, 4.69) is 16.8 Å². The molecule has 4 nitrogen and oxygen atoms in total. The van der Waals surface area contributed by atoms with Crippen molar-refractivity contribution in [2.45, 2.75) is 36.5 Å². The number of hydrogen-bond acceptors (Lipinski definition) is 4. The van der Waals surface area contributed by atoms with Crippen molar-refractivity contribution in [2.24, 2.45) is 5.92 Å². The third-order valence-electron chi connectivity index (χ3n) is 5.55. The third-order valence-corrected chi connectivity index (χ3v) is 6.95. The largest absolute Gasteiger partial charge is 0.606 e. The van der Waals surface area contributed by atoms with Crippen LogP contribution >= 0.6 is 0 Å². The monoisotopic (exact) mass is 394 g/mol. The molecule has 0 radical (unpaired) electrons. The zero-order valence-corrected chi connectivity index (χ0v) is 17.5. The van der Waals surface area contributed by atoms with E-state index in [-0.39, 0.29) is 0 Å². The standard InChI is InChI=1S/C23H26N2O2S/c1-16-4-7-19(8-5-16)28(26)22-15-24-21-9-6-18(27-3)14-20(21)23(22)25-12-10-17(2)11-13-25/h4-9,14-15,17H,10-13H2,1-3H3. The molecule has 0 N–H and O–H groups in total. The van der Waals surface area contributed by atoms with Gasteiger partial charge in [-0.1, -0.05) is 24.6 Å². The van der Waals surface area contributed by atoms with Crippen molar-refractivity contribution in [3.05, 3.63) is 54.2 Å². The lowest BCUT2D eigenvalue weighted by molar-refractivity contribution is 0.415.